The molecule has 4 nitrogen and oxygen atoms in total. The molecule has 4 heteroatoms. The Bertz CT molecular complexity index is 364. The molecule has 0 bridgehead atoms. The SMILES string of the molecule is CCCc1nc(NC)cc(NC2CC2C)n1. The lowest BCUT2D eigenvalue weighted by atomic mass is 10.3. The van der Waals surface area contributed by atoms with Crippen molar-refractivity contribution in [2.75, 3.05) is 17.7 Å². The van der Waals surface area contributed by atoms with E-state index < -0.39 is 0 Å². The fraction of sp³-hybridized carbons (Fsp3) is 0.667. The minimum absolute atomic E-state index is 0.606. The Balaban J connectivity index is 2.12. The van der Waals surface area contributed by atoms with Gasteiger partial charge < -0.3 is 10.6 Å². The average molecular weight is 220 g/mol. The first kappa shape index (κ1) is 11.2. The standard InChI is InChI=1S/C12H20N4/c1-4-5-10-15-11(13-3)7-12(16-10)14-9-6-8(9)2/h7-9H,4-6H2,1-3H3,(H2,13,14,15,16). The summed E-state index contributed by atoms with van der Waals surface area (Å²) < 4.78 is 0. The third-order valence-corrected chi connectivity index (χ3v) is 2.94. The number of nitrogens with zero attached hydrogens (tertiary/aromatic N) is 2. The molecule has 1 saturated carbocycles. The zero-order valence-electron chi connectivity index (χ0n) is 10.2. The van der Waals surface area contributed by atoms with E-state index in [1.54, 1.807) is 0 Å². The van der Waals surface area contributed by atoms with Gasteiger partial charge in [0.15, 0.2) is 0 Å². The Hall–Kier alpha value is -1.32. The number of anilines is 2. The predicted octanol–water partition coefficient (Wildman–Crippen LogP) is 2.29. The molecule has 0 aromatic carbocycles. The molecule has 0 aliphatic heterocycles. The summed E-state index contributed by atoms with van der Waals surface area (Å²) in [5.74, 6) is 3.55. The monoisotopic (exact) mass is 220 g/mol. The van der Waals surface area contributed by atoms with Crippen LogP contribution in [0.4, 0.5) is 11.6 Å². The second-order valence-electron chi connectivity index (χ2n) is 4.52. The average Bonchev–Trinajstić information content (AvgIpc) is 2.94. The highest BCUT2D eigenvalue weighted by molar-refractivity contribution is 5.48. The second-order valence-corrected chi connectivity index (χ2v) is 4.52. The van der Waals surface area contributed by atoms with Crippen LogP contribution in [0.15, 0.2) is 6.07 Å². The predicted molar refractivity (Wildman–Crippen MR) is 66.8 cm³/mol. The Morgan fingerprint density at radius 2 is 2.06 bits per heavy atom. The number of hydrogen-bond donors (Lipinski definition) is 2. The van der Waals surface area contributed by atoms with Gasteiger partial charge >= 0.3 is 0 Å². The quantitative estimate of drug-likeness (QED) is 0.799. The van der Waals surface area contributed by atoms with Crippen molar-refractivity contribution in [2.24, 2.45) is 5.92 Å². The Morgan fingerprint density at radius 3 is 2.62 bits per heavy atom. The molecule has 16 heavy (non-hydrogen) atoms. The van der Waals surface area contributed by atoms with Crippen LogP contribution in [0.1, 0.15) is 32.5 Å². The third kappa shape index (κ3) is 2.62. The van der Waals surface area contributed by atoms with Crippen LogP contribution >= 0.6 is 0 Å². The van der Waals surface area contributed by atoms with Gasteiger partial charge in [-0.1, -0.05) is 13.8 Å². The van der Waals surface area contributed by atoms with Crippen LogP contribution in [0, 0.1) is 5.92 Å². The molecule has 1 aromatic rings. The van der Waals surface area contributed by atoms with Gasteiger partial charge in [0.25, 0.3) is 0 Å². The van der Waals surface area contributed by atoms with E-state index in [0.717, 1.165) is 36.2 Å². The first-order valence-electron chi connectivity index (χ1n) is 6.05. The van der Waals surface area contributed by atoms with Gasteiger partial charge in [-0.15, -0.1) is 0 Å². The van der Waals surface area contributed by atoms with E-state index in [0.29, 0.717) is 6.04 Å². The van der Waals surface area contributed by atoms with E-state index >= 15 is 0 Å². The summed E-state index contributed by atoms with van der Waals surface area (Å²) in [5, 5.41) is 6.53. The molecule has 88 valence electrons. The number of aromatic nitrogens is 2. The van der Waals surface area contributed by atoms with Crippen molar-refractivity contribution in [3.63, 3.8) is 0 Å². The first-order valence-corrected chi connectivity index (χ1v) is 6.05. The fourth-order valence-electron chi connectivity index (χ4n) is 1.75. The van der Waals surface area contributed by atoms with Gasteiger partial charge in [-0.25, -0.2) is 9.97 Å². The summed E-state index contributed by atoms with van der Waals surface area (Å²) in [6, 6.07) is 2.58. The molecule has 1 aliphatic rings. The molecule has 0 radical (unpaired) electrons. The van der Waals surface area contributed by atoms with Crippen molar-refractivity contribution in [1.82, 2.24) is 9.97 Å². The molecule has 1 heterocycles. The molecule has 1 aromatic heterocycles. The van der Waals surface area contributed by atoms with Crippen LogP contribution in [-0.2, 0) is 6.42 Å². The molecule has 0 amide bonds. The van der Waals surface area contributed by atoms with Gasteiger partial charge in [-0.3, -0.25) is 0 Å². The highest BCUT2D eigenvalue weighted by atomic mass is 15.1. The van der Waals surface area contributed by atoms with Crippen LogP contribution in [0.25, 0.3) is 0 Å². The second kappa shape index (κ2) is 4.68. The van der Waals surface area contributed by atoms with E-state index in [2.05, 4.69) is 34.4 Å². The molecule has 2 N–H and O–H groups in total. The van der Waals surface area contributed by atoms with Gasteiger partial charge in [-0.05, 0) is 18.8 Å². The van der Waals surface area contributed by atoms with Gasteiger partial charge in [0, 0.05) is 25.6 Å². The van der Waals surface area contributed by atoms with Crippen LogP contribution in [0.2, 0.25) is 0 Å². The van der Waals surface area contributed by atoms with Crippen LogP contribution in [0.3, 0.4) is 0 Å². The maximum Gasteiger partial charge on any atom is 0.133 e. The van der Waals surface area contributed by atoms with E-state index in [4.69, 9.17) is 0 Å². The van der Waals surface area contributed by atoms with Crippen LogP contribution in [-0.4, -0.2) is 23.1 Å². The lowest BCUT2D eigenvalue weighted by Gasteiger charge is -2.08. The smallest absolute Gasteiger partial charge is 0.133 e. The summed E-state index contributed by atoms with van der Waals surface area (Å²) in [7, 11) is 1.89. The molecule has 2 unspecified atom stereocenters. The molecule has 0 saturated heterocycles. The zero-order valence-corrected chi connectivity index (χ0v) is 10.2. The highest BCUT2D eigenvalue weighted by Crippen LogP contribution is 2.32. The van der Waals surface area contributed by atoms with Crippen molar-refractivity contribution in [3.8, 4) is 0 Å². The van der Waals surface area contributed by atoms with Crippen molar-refractivity contribution in [2.45, 2.75) is 39.2 Å². The number of nitrogens with one attached hydrogen (secondary N) is 2. The molecule has 2 rings (SSSR count). The summed E-state index contributed by atoms with van der Waals surface area (Å²) in [6.45, 7) is 4.40. The Kier molecular flexibility index (Phi) is 3.27. The lowest BCUT2D eigenvalue weighted by molar-refractivity contribution is 0.832. The molecule has 2 atom stereocenters. The van der Waals surface area contributed by atoms with Crippen molar-refractivity contribution >= 4 is 11.6 Å². The normalized spacial score (nSPS) is 22.9. The summed E-state index contributed by atoms with van der Waals surface area (Å²) in [5.41, 5.74) is 0. The van der Waals surface area contributed by atoms with E-state index in [1.807, 2.05) is 13.1 Å². The van der Waals surface area contributed by atoms with E-state index in [-0.39, 0.29) is 0 Å². The first-order chi connectivity index (χ1) is 7.72. The van der Waals surface area contributed by atoms with E-state index in [1.165, 1.54) is 6.42 Å². The van der Waals surface area contributed by atoms with Gasteiger partial charge in [-0.2, -0.15) is 0 Å². The van der Waals surface area contributed by atoms with Gasteiger partial charge in [0.05, 0.1) is 0 Å². The highest BCUT2D eigenvalue weighted by Gasteiger charge is 2.32. The topological polar surface area (TPSA) is 49.8 Å². The number of rotatable bonds is 5. The molecule has 1 aliphatic carbocycles. The largest absolute Gasteiger partial charge is 0.373 e. The maximum absolute atomic E-state index is 4.52. The van der Waals surface area contributed by atoms with Crippen molar-refractivity contribution < 1.29 is 0 Å². The number of aryl methyl sites for hydroxylation is 1. The van der Waals surface area contributed by atoms with Crippen molar-refractivity contribution in [3.05, 3.63) is 11.9 Å². The molecular weight excluding hydrogens is 200 g/mol. The molecular formula is C12H20N4. The maximum atomic E-state index is 4.52. The number of hydrogen-bond acceptors (Lipinski definition) is 4. The van der Waals surface area contributed by atoms with E-state index in [9.17, 15) is 0 Å². The molecule has 0 spiro atoms. The van der Waals surface area contributed by atoms with Crippen LogP contribution in [0.5, 0.6) is 0 Å². The third-order valence-electron chi connectivity index (χ3n) is 2.94. The minimum atomic E-state index is 0.606. The molecule has 1 fully saturated rings. The Labute approximate surface area is 96.9 Å². The zero-order chi connectivity index (χ0) is 11.5. The lowest BCUT2D eigenvalue weighted by Crippen LogP contribution is -2.09. The summed E-state index contributed by atoms with van der Waals surface area (Å²) in [6.07, 6.45) is 3.26. The minimum Gasteiger partial charge on any atom is -0.373 e. The summed E-state index contributed by atoms with van der Waals surface area (Å²) in [4.78, 5) is 8.95. The fourth-order valence-corrected chi connectivity index (χ4v) is 1.75. The Morgan fingerprint density at radius 1 is 1.38 bits per heavy atom. The summed E-state index contributed by atoms with van der Waals surface area (Å²) >= 11 is 0. The van der Waals surface area contributed by atoms with Crippen molar-refractivity contribution in [1.29, 1.82) is 0 Å². The van der Waals surface area contributed by atoms with Gasteiger partial charge in [0.1, 0.15) is 17.5 Å². The van der Waals surface area contributed by atoms with Crippen LogP contribution < -0.4 is 10.6 Å². The van der Waals surface area contributed by atoms with Gasteiger partial charge in [0.2, 0.25) is 0 Å².